The van der Waals surface area contributed by atoms with Crippen LogP contribution >= 0.6 is 0 Å². The molecule has 0 aliphatic rings. The predicted molar refractivity (Wildman–Crippen MR) is 64.9 cm³/mol. The zero-order chi connectivity index (χ0) is 11.5. The molecule has 2 N–H and O–H groups in total. The van der Waals surface area contributed by atoms with Gasteiger partial charge in [0.05, 0.1) is 0 Å². The van der Waals surface area contributed by atoms with E-state index < -0.39 is 0 Å². The first kappa shape index (κ1) is 10.7. The van der Waals surface area contributed by atoms with Gasteiger partial charge in [0.25, 0.3) is 0 Å². The number of rotatable bonds is 3. The van der Waals surface area contributed by atoms with Crippen molar-refractivity contribution >= 4 is 5.69 Å². The van der Waals surface area contributed by atoms with Gasteiger partial charge in [0, 0.05) is 17.8 Å². The Balaban J connectivity index is 2.43. The average molecular weight is 216 g/mol. The Kier molecular flexibility index (Phi) is 2.90. The second-order valence-corrected chi connectivity index (χ2v) is 3.84. The smallest absolute Gasteiger partial charge is 0.163 e. The molecule has 0 radical (unpaired) electrons. The molecule has 0 atom stereocenters. The van der Waals surface area contributed by atoms with Gasteiger partial charge in [-0.15, -0.1) is 10.2 Å². The van der Waals surface area contributed by atoms with E-state index in [-0.39, 0.29) is 0 Å². The molecular formula is C12H16N4. The zero-order valence-electron chi connectivity index (χ0n) is 9.64. The maximum Gasteiger partial charge on any atom is 0.163 e. The molecule has 1 aromatic carbocycles. The van der Waals surface area contributed by atoms with Gasteiger partial charge in [-0.1, -0.05) is 6.92 Å². The summed E-state index contributed by atoms with van der Waals surface area (Å²) in [4.78, 5) is 0. The Morgan fingerprint density at radius 1 is 1.19 bits per heavy atom. The number of benzene rings is 1. The number of hydrogen-bond acceptors (Lipinski definition) is 3. The van der Waals surface area contributed by atoms with Crippen LogP contribution in [0.1, 0.15) is 19.2 Å². The van der Waals surface area contributed by atoms with Crippen molar-refractivity contribution in [1.82, 2.24) is 14.8 Å². The van der Waals surface area contributed by atoms with Gasteiger partial charge in [-0.2, -0.15) is 0 Å². The number of nitrogen functional groups attached to an aromatic ring is 1. The summed E-state index contributed by atoms with van der Waals surface area (Å²) >= 11 is 0. The van der Waals surface area contributed by atoms with Crippen LogP contribution in [0.4, 0.5) is 5.69 Å². The molecule has 0 aliphatic carbocycles. The normalized spacial score (nSPS) is 10.6. The van der Waals surface area contributed by atoms with E-state index in [1.165, 1.54) is 0 Å². The number of aromatic nitrogens is 3. The summed E-state index contributed by atoms with van der Waals surface area (Å²) in [5.74, 6) is 1.87. The highest BCUT2D eigenvalue weighted by Gasteiger charge is 2.09. The molecule has 1 aromatic heterocycles. The van der Waals surface area contributed by atoms with E-state index in [2.05, 4.69) is 21.7 Å². The van der Waals surface area contributed by atoms with Gasteiger partial charge in [0.15, 0.2) is 5.82 Å². The molecule has 0 saturated carbocycles. The van der Waals surface area contributed by atoms with Gasteiger partial charge in [0.2, 0.25) is 0 Å². The van der Waals surface area contributed by atoms with E-state index in [1.807, 2.05) is 31.2 Å². The molecule has 0 saturated heterocycles. The van der Waals surface area contributed by atoms with E-state index in [9.17, 15) is 0 Å². The number of nitrogens with zero attached hydrogens (tertiary/aromatic N) is 3. The van der Waals surface area contributed by atoms with E-state index in [0.29, 0.717) is 0 Å². The maximum atomic E-state index is 5.66. The molecule has 0 unspecified atom stereocenters. The third-order valence-electron chi connectivity index (χ3n) is 2.55. The molecule has 0 aliphatic heterocycles. The second-order valence-electron chi connectivity index (χ2n) is 3.84. The van der Waals surface area contributed by atoms with Crippen LogP contribution in [0.15, 0.2) is 24.3 Å². The van der Waals surface area contributed by atoms with Crippen LogP contribution in [0.3, 0.4) is 0 Å². The van der Waals surface area contributed by atoms with Gasteiger partial charge >= 0.3 is 0 Å². The lowest BCUT2D eigenvalue weighted by atomic mass is 10.2. The Morgan fingerprint density at radius 2 is 1.88 bits per heavy atom. The van der Waals surface area contributed by atoms with Crippen LogP contribution in [0.25, 0.3) is 11.4 Å². The maximum absolute atomic E-state index is 5.66. The van der Waals surface area contributed by atoms with Crippen LogP contribution in [0.5, 0.6) is 0 Å². The minimum Gasteiger partial charge on any atom is -0.399 e. The topological polar surface area (TPSA) is 56.7 Å². The largest absolute Gasteiger partial charge is 0.399 e. The fraction of sp³-hybridized carbons (Fsp3) is 0.333. The van der Waals surface area contributed by atoms with Crippen molar-refractivity contribution < 1.29 is 0 Å². The quantitative estimate of drug-likeness (QED) is 0.800. The third kappa shape index (κ3) is 1.91. The summed E-state index contributed by atoms with van der Waals surface area (Å²) in [6.07, 6.45) is 1.07. The van der Waals surface area contributed by atoms with E-state index in [1.54, 1.807) is 0 Å². The number of hydrogen-bond donors (Lipinski definition) is 1. The summed E-state index contributed by atoms with van der Waals surface area (Å²) in [6.45, 7) is 5.06. The van der Waals surface area contributed by atoms with Crippen LogP contribution in [0, 0.1) is 6.92 Å². The van der Waals surface area contributed by atoms with Crippen LogP contribution in [-0.2, 0) is 6.54 Å². The summed E-state index contributed by atoms with van der Waals surface area (Å²) in [5.41, 5.74) is 7.49. The molecule has 0 amide bonds. The van der Waals surface area contributed by atoms with Crippen molar-refractivity contribution in [2.24, 2.45) is 0 Å². The first-order valence-electron chi connectivity index (χ1n) is 5.48. The summed E-state index contributed by atoms with van der Waals surface area (Å²) in [7, 11) is 0. The molecule has 1 heterocycles. The van der Waals surface area contributed by atoms with Gasteiger partial charge in [-0.25, -0.2) is 0 Å². The van der Waals surface area contributed by atoms with Crippen molar-refractivity contribution in [2.45, 2.75) is 26.8 Å². The zero-order valence-corrected chi connectivity index (χ0v) is 9.64. The average Bonchev–Trinajstić information content (AvgIpc) is 2.63. The number of nitrogens with two attached hydrogens (primary N) is 1. The fourth-order valence-electron chi connectivity index (χ4n) is 1.72. The van der Waals surface area contributed by atoms with Gasteiger partial charge in [0.1, 0.15) is 5.82 Å². The van der Waals surface area contributed by atoms with E-state index in [4.69, 9.17) is 5.73 Å². The van der Waals surface area contributed by atoms with Gasteiger partial charge < -0.3 is 10.3 Å². The standard InChI is InChI=1S/C12H16N4/c1-3-8-16-9(2)14-15-12(16)10-4-6-11(13)7-5-10/h4-7H,3,8,13H2,1-2H3. The molecule has 4 heteroatoms. The van der Waals surface area contributed by atoms with Crippen molar-refractivity contribution in [3.05, 3.63) is 30.1 Å². The van der Waals surface area contributed by atoms with E-state index >= 15 is 0 Å². The first-order valence-corrected chi connectivity index (χ1v) is 5.48. The van der Waals surface area contributed by atoms with E-state index in [0.717, 1.165) is 35.9 Å². The second kappa shape index (κ2) is 4.35. The third-order valence-corrected chi connectivity index (χ3v) is 2.55. The summed E-state index contributed by atoms with van der Waals surface area (Å²) < 4.78 is 2.13. The minimum atomic E-state index is 0.766. The summed E-state index contributed by atoms with van der Waals surface area (Å²) in [6, 6.07) is 7.72. The lowest BCUT2D eigenvalue weighted by Gasteiger charge is -2.06. The highest BCUT2D eigenvalue weighted by molar-refractivity contribution is 5.58. The number of anilines is 1. The van der Waals surface area contributed by atoms with Gasteiger partial charge in [-0.05, 0) is 37.6 Å². The monoisotopic (exact) mass is 216 g/mol. The molecule has 4 nitrogen and oxygen atoms in total. The Bertz CT molecular complexity index is 470. The lowest BCUT2D eigenvalue weighted by molar-refractivity contribution is 0.663. The van der Waals surface area contributed by atoms with Crippen LogP contribution in [0.2, 0.25) is 0 Å². The van der Waals surface area contributed by atoms with Gasteiger partial charge in [-0.3, -0.25) is 0 Å². The minimum absolute atomic E-state index is 0.766. The van der Waals surface area contributed by atoms with Crippen molar-refractivity contribution in [2.75, 3.05) is 5.73 Å². The Hall–Kier alpha value is -1.84. The molecular weight excluding hydrogens is 200 g/mol. The molecule has 0 fully saturated rings. The Labute approximate surface area is 95.1 Å². The van der Waals surface area contributed by atoms with Crippen LogP contribution in [-0.4, -0.2) is 14.8 Å². The van der Waals surface area contributed by atoms with Crippen LogP contribution < -0.4 is 5.73 Å². The highest BCUT2D eigenvalue weighted by Crippen LogP contribution is 2.19. The number of aryl methyl sites for hydroxylation is 1. The molecule has 0 bridgehead atoms. The molecule has 84 valence electrons. The van der Waals surface area contributed by atoms with Crippen molar-refractivity contribution in [3.63, 3.8) is 0 Å². The Morgan fingerprint density at radius 3 is 2.50 bits per heavy atom. The highest BCUT2D eigenvalue weighted by atomic mass is 15.3. The predicted octanol–water partition coefficient (Wildman–Crippen LogP) is 2.25. The van der Waals surface area contributed by atoms with Crippen molar-refractivity contribution in [3.8, 4) is 11.4 Å². The first-order chi connectivity index (χ1) is 7.72. The summed E-state index contributed by atoms with van der Waals surface area (Å²) in [5, 5.41) is 8.32. The molecule has 2 aromatic rings. The molecule has 16 heavy (non-hydrogen) atoms. The SMILES string of the molecule is CCCn1c(C)nnc1-c1ccc(N)cc1. The molecule has 0 spiro atoms. The molecule has 2 rings (SSSR count). The lowest BCUT2D eigenvalue weighted by Crippen LogP contribution is -2.02. The van der Waals surface area contributed by atoms with Crippen molar-refractivity contribution in [1.29, 1.82) is 0 Å². The fourth-order valence-corrected chi connectivity index (χ4v) is 1.72.